The van der Waals surface area contributed by atoms with E-state index in [4.69, 9.17) is 14.2 Å². The maximum Gasteiger partial charge on any atom is 0.323 e. The SMILES string of the molecule is CCC(NC(=O)c1ccc(Nc2cc(Oc3ccc(NC(=O)Nc4cc(C(C)(C)C)cc(NS(C)(=O)=O)c4OC)c4ccccc34)ccn2)cc1OC)C1CCN(C)CC1. The summed E-state index contributed by atoms with van der Waals surface area (Å²) >= 11 is 0. The van der Waals surface area contributed by atoms with E-state index < -0.39 is 16.1 Å². The highest BCUT2D eigenvalue weighted by atomic mass is 32.2. The van der Waals surface area contributed by atoms with Gasteiger partial charge in [0, 0.05) is 40.8 Å². The highest BCUT2D eigenvalue weighted by molar-refractivity contribution is 7.92. The molecule has 3 amide bonds. The van der Waals surface area contributed by atoms with Crippen LogP contribution in [0.25, 0.3) is 10.8 Å². The number of hydrogen-bond acceptors (Lipinski definition) is 10. The van der Waals surface area contributed by atoms with Crippen LogP contribution in [-0.2, 0) is 15.4 Å². The Bertz CT molecular complexity index is 2460. The van der Waals surface area contributed by atoms with E-state index in [1.54, 1.807) is 61.8 Å². The summed E-state index contributed by atoms with van der Waals surface area (Å²) in [7, 11) is 1.45. The third-order valence-corrected chi connectivity index (χ3v) is 11.2. The standard InChI is InChI=1S/C45H55N7O7S/c1-9-35(28-19-22-52(5)23-20-28)48-43(53)34-15-14-30(26-40(34)57-6)47-41-27-31(18-21-46-41)59-39-17-16-36(32-12-10-11-13-33(32)39)49-44(54)50-37-24-29(45(2,3)4)25-38(42(37)58-7)51-60(8,55)56/h10-18,21,24-28,35,51H,9,19-20,22-23H2,1-8H3,(H,46,47)(H,48,53)(H2,49,50,54). The van der Waals surface area contributed by atoms with Crippen molar-refractivity contribution in [2.24, 2.45) is 5.92 Å². The van der Waals surface area contributed by atoms with Crippen LogP contribution in [0.4, 0.5) is 33.4 Å². The monoisotopic (exact) mass is 837 g/mol. The number of amides is 3. The van der Waals surface area contributed by atoms with Crippen LogP contribution in [0.3, 0.4) is 0 Å². The zero-order valence-corrected chi connectivity index (χ0v) is 36.3. The van der Waals surface area contributed by atoms with Gasteiger partial charge in [-0.2, -0.15) is 0 Å². The van der Waals surface area contributed by atoms with Crippen LogP contribution in [0.2, 0.25) is 0 Å². The van der Waals surface area contributed by atoms with Gasteiger partial charge in [-0.15, -0.1) is 0 Å². The van der Waals surface area contributed by atoms with Crippen molar-refractivity contribution in [1.29, 1.82) is 0 Å². The number of anilines is 5. The van der Waals surface area contributed by atoms with Crippen molar-refractivity contribution in [2.75, 3.05) is 61.3 Å². The molecule has 2 heterocycles. The van der Waals surface area contributed by atoms with Crippen LogP contribution in [0.5, 0.6) is 23.0 Å². The second kappa shape index (κ2) is 18.5. The predicted octanol–water partition coefficient (Wildman–Crippen LogP) is 8.95. The Hall–Kier alpha value is -6.06. The number of urea groups is 1. The molecule has 0 bridgehead atoms. The molecule has 0 saturated carbocycles. The van der Waals surface area contributed by atoms with Crippen molar-refractivity contribution >= 4 is 61.3 Å². The zero-order chi connectivity index (χ0) is 43.2. The van der Waals surface area contributed by atoms with Crippen molar-refractivity contribution in [3.8, 4) is 23.0 Å². The van der Waals surface area contributed by atoms with E-state index in [9.17, 15) is 18.0 Å². The molecule has 15 heteroatoms. The average Bonchev–Trinajstić information content (AvgIpc) is 3.20. The second-order valence-electron chi connectivity index (χ2n) is 16.1. The van der Waals surface area contributed by atoms with Crippen molar-refractivity contribution < 1.29 is 32.2 Å². The number of piperidine rings is 1. The van der Waals surface area contributed by atoms with E-state index in [0.29, 0.717) is 51.6 Å². The van der Waals surface area contributed by atoms with Gasteiger partial charge in [0.25, 0.3) is 5.91 Å². The normalized spacial score (nSPS) is 14.2. The topological polar surface area (TPSA) is 172 Å². The Morgan fingerprint density at radius 1 is 0.867 bits per heavy atom. The fraction of sp³-hybridized carbons (Fsp3) is 0.356. The summed E-state index contributed by atoms with van der Waals surface area (Å²) in [6.07, 6.45) is 5.67. The number of carbonyl (C=O) groups is 2. The fourth-order valence-corrected chi connectivity index (χ4v) is 7.95. The molecule has 1 saturated heterocycles. The molecule has 1 fully saturated rings. The van der Waals surface area contributed by atoms with Crippen LogP contribution in [0.1, 0.15) is 62.9 Å². The van der Waals surface area contributed by atoms with Crippen molar-refractivity contribution in [1.82, 2.24) is 15.2 Å². The first-order chi connectivity index (χ1) is 28.5. The van der Waals surface area contributed by atoms with E-state index in [1.807, 2.05) is 51.1 Å². The van der Waals surface area contributed by atoms with Crippen LogP contribution in [0.15, 0.2) is 85.1 Å². The summed E-state index contributed by atoms with van der Waals surface area (Å²) in [6.45, 7) is 10.1. The molecule has 5 N–H and O–H groups in total. The molecule has 0 radical (unpaired) electrons. The van der Waals surface area contributed by atoms with Gasteiger partial charge in [-0.3, -0.25) is 9.52 Å². The Morgan fingerprint density at radius 2 is 1.57 bits per heavy atom. The quantitative estimate of drug-likeness (QED) is 0.0727. The van der Waals surface area contributed by atoms with Gasteiger partial charge in [-0.05, 0) is 98.8 Å². The minimum atomic E-state index is -3.64. The number of nitrogens with one attached hydrogen (secondary N) is 5. The highest BCUT2D eigenvalue weighted by Crippen LogP contribution is 2.40. The summed E-state index contributed by atoms with van der Waals surface area (Å²) in [5.74, 6) is 2.49. The Balaban J connectivity index is 1.16. The van der Waals surface area contributed by atoms with Gasteiger partial charge >= 0.3 is 6.03 Å². The van der Waals surface area contributed by atoms with Gasteiger partial charge in [0.2, 0.25) is 10.0 Å². The molecule has 318 valence electrons. The number of benzene rings is 4. The number of rotatable bonds is 14. The summed E-state index contributed by atoms with van der Waals surface area (Å²) in [4.78, 5) is 33.8. The van der Waals surface area contributed by atoms with E-state index in [1.165, 1.54) is 7.11 Å². The van der Waals surface area contributed by atoms with E-state index >= 15 is 0 Å². The molecular formula is C45H55N7O7S. The highest BCUT2D eigenvalue weighted by Gasteiger charge is 2.27. The first-order valence-electron chi connectivity index (χ1n) is 19.9. The molecular weight excluding hydrogens is 783 g/mol. The lowest BCUT2D eigenvalue weighted by Crippen LogP contribution is -2.44. The Labute approximate surface area is 352 Å². The van der Waals surface area contributed by atoms with Gasteiger partial charge in [0.05, 0.1) is 43.1 Å². The molecule has 5 aromatic rings. The van der Waals surface area contributed by atoms with Gasteiger partial charge < -0.3 is 40.4 Å². The maximum absolute atomic E-state index is 13.5. The number of pyridine rings is 1. The number of carbonyl (C=O) groups excluding carboxylic acids is 2. The molecule has 14 nitrogen and oxygen atoms in total. The molecule has 60 heavy (non-hydrogen) atoms. The number of likely N-dealkylation sites (tertiary alicyclic amines) is 1. The van der Waals surface area contributed by atoms with E-state index in [0.717, 1.165) is 54.9 Å². The van der Waals surface area contributed by atoms with Gasteiger partial charge in [-0.25, -0.2) is 18.2 Å². The molecule has 1 unspecified atom stereocenters. The predicted molar refractivity (Wildman–Crippen MR) is 239 cm³/mol. The smallest absolute Gasteiger partial charge is 0.323 e. The van der Waals surface area contributed by atoms with E-state index in [-0.39, 0.29) is 28.8 Å². The lowest BCUT2D eigenvalue weighted by atomic mass is 9.86. The number of sulfonamides is 1. The number of aromatic nitrogens is 1. The molecule has 1 aliphatic heterocycles. The minimum Gasteiger partial charge on any atom is -0.496 e. The molecule has 0 spiro atoms. The molecule has 6 rings (SSSR count). The molecule has 1 aromatic heterocycles. The summed E-state index contributed by atoms with van der Waals surface area (Å²) < 4.78 is 44.5. The summed E-state index contributed by atoms with van der Waals surface area (Å²) in [5, 5.41) is 13.8. The van der Waals surface area contributed by atoms with Crippen molar-refractivity contribution in [3.63, 3.8) is 0 Å². The average molecular weight is 838 g/mol. The summed E-state index contributed by atoms with van der Waals surface area (Å²) in [5.41, 5.74) is 2.59. The van der Waals surface area contributed by atoms with Crippen molar-refractivity contribution in [3.05, 3.63) is 96.2 Å². The zero-order valence-electron chi connectivity index (χ0n) is 35.4. The Morgan fingerprint density at radius 3 is 2.23 bits per heavy atom. The molecule has 1 aliphatic rings. The largest absolute Gasteiger partial charge is 0.496 e. The molecule has 4 aromatic carbocycles. The third kappa shape index (κ3) is 10.8. The maximum atomic E-state index is 13.5. The Kier molecular flexibility index (Phi) is 13.4. The van der Waals surface area contributed by atoms with Crippen molar-refractivity contribution in [2.45, 2.75) is 58.4 Å². The first kappa shape index (κ1) is 43.5. The van der Waals surface area contributed by atoms with Gasteiger partial charge in [-0.1, -0.05) is 52.0 Å². The van der Waals surface area contributed by atoms with Crippen LogP contribution in [-0.4, -0.2) is 76.9 Å². The van der Waals surface area contributed by atoms with Crippen LogP contribution >= 0.6 is 0 Å². The second-order valence-corrected chi connectivity index (χ2v) is 17.9. The lowest BCUT2D eigenvalue weighted by Gasteiger charge is -2.34. The number of fused-ring (bicyclic) bond motifs is 1. The number of methoxy groups -OCH3 is 2. The number of nitrogens with zero attached hydrogens (tertiary/aromatic N) is 2. The number of hydrogen-bond donors (Lipinski definition) is 5. The van der Waals surface area contributed by atoms with Crippen LogP contribution in [0, 0.1) is 5.92 Å². The number of ether oxygens (including phenoxy) is 3. The minimum absolute atomic E-state index is 0.0968. The molecule has 0 aliphatic carbocycles. The van der Waals surface area contributed by atoms with E-state index in [2.05, 4.69) is 49.8 Å². The van der Waals surface area contributed by atoms with Crippen LogP contribution < -0.4 is 40.2 Å². The van der Waals surface area contributed by atoms with Gasteiger partial charge in [0.1, 0.15) is 23.1 Å². The third-order valence-electron chi connectivity index (χ3n) is 10.6. The summed E-state index contributed by atoms with van der Waals surface area (Å²) in [6, 6.07) is 22.9. The lowest BCUT2D eigenvalue weighted by molar-refractivity contribution is 0.0896. The molecule has 1 atom stereocenters. The first-order valence-corrected chi connectivity index (χ1v) is 21.8. The van der Waals surface area contributed by atoms with Gasteiger partial charge in [0.15, 0.2) is 5.75 Å². The fourth-order valence-electron chi connectivity index (χ4n) is 7.40.